The van der Waals surface area contributed by atoms with E-state index in [1.165, 1.54) is 0 Å². The third-order valence-electron chi connectivity index (χ3n) is 2.63. The van der Waals surface area contributed by atoms with Crippen LogP contribution in [0.4, 0.5) is 18.3 Å². The van der Waals surface area contributed by atoms with Gasteiger partial charge in [0.05, 0.1) is 10.2 Å². The second kappa shape index (κ2) is 4.87. The molecule has 108 valence electrons. The smallest absolute Gasteiger partial charge is 0.310 e. The molecule has 9 heteroatoms. The first kappa shape index (κ1) is 15.0. The Bertz CT molecular complexity index is 668. The number of carbonyl (C=O) groups excluding carboxylic acids is 1. The van der Waals surface area contributed by atoms with Gasteiger partial charge < -0.3 is 11.1 Å². The Morgan fingerprint density at radius 2 is 2.10 bits per heavy atom. The van der Waals surface area contributed by atoms with Crippen molar-refractivity contribution in [1.29, 1.82) is 0 Å². The van der Waals surface area contributed by atoms with Crippen molar-refractivity contribution < 1.29 is 18.0 Å². The average molecular weight is 324 g/mol. The van der Waals surface area contributed by atoms with Crippen molar-refractivity contribution in [2.75, 3.05) is 5.32 Å². The first-order valence-corrected chi connectivity index (χ1v) is 6.54. The summed E-state index contributed by atoms with van der Waals surface area (Å²) in [6.07, 6.45) is -4.85. The molecule has 0 saturated heterocycles. The Hall–Kier alpha value is -1.38. The molecule has 2 rings (SSSR count). The van der Waals surface area contributed by atoms with E-state index < -0.39 is 17.6 Å². The number of nitrogens with one attached hydrogen (secondary N) is 1. The summed E-state index contributed by atoms with van der Waals surface area (Å²) in [5.74, 6) is -1.37. The molecule has 0 fully saturated rings. The van der Waals surface area contributed by atoms with Crippen LogP contribution < -0.4 is 11.1 Å². The van der Waals surface area contributed by atoms with Gasteiger partial charge in [-0.1, -0.05) is 22.9 Å². The highest BCUT2D eigenvalue weighted by molar-refractivity contribution is 7.22. The number of anilines is 1. The summed E-state index contributed by atoms with van der Waals surface area (Å²) < 4.78 is 38.5. The second-order valence-electron chi connectivity index (χ2n) is 4.29. The molecule has 1 aromatic heterocycles. The largest absolute Gasteiger partial charge is 0.415 e. The van der Waals surface area contributed by atoms with E-state index in [9.17, 15) is 18.0 Å². The van der Waals surface area contributed by atoms with Crippen LogP contribution in [-0.2, 0) is 4.79 Å². The molecular formula is C11H9ClF3N3OS. The minimum atomic E-state index is -4.85. The summed E-state index contributed by atoms with van der Waals surface area (Å²) in [6, 6.07) is 4.81. The van der Waals surface area contributed by atoms with E-state index in [2.05, 4.69) is 10.3 Å². The van der Waals surface area contributed by atoms with Crippen LogP contribution in [0, 0.1) is 0 Å². The normalized spacial score (nSPS) is 15.1. The Morgan fingerprint density at radius 3 is 2.70 bits per heavy atom. The maximum absolute atomic E-state index is 12.6. The number of benzene rings is 1. The lowest BCUT2D eigenvalue weighted by atomic mass is 10.0. The van der Waals surface area contributed by atoms with Crippen LogP contribution in [0.2, 0.25) is 5.02 Å². The van der Waals surface area contributed by atoms with Gasteiger partial charge >= 0.3 is 6.18 Å². The minimum absolute atomic E-state index is 0.0354. The lowest BCUT2D eigenvalue weighted by Gasteiger charge is -2.25. The number of thiazole rings is 1. The number of hydrogen-bond donors (Lipinski definition) is 2. The summed E-state index contributed by atoms with van der Waals surface area (Å²) >= 11 is 6.80. The molecule has 2 aromatic rings. The number of amides is 1. The van der Waals surface area contributed by atoms with Gasteiger partial charge in [-0.2, -0.15) is 13.2 Å². The number of alkyl halides is 3. The maximum Gasteiger partial charge on any atom is 0.415 e. The highest BCUT2D eigenvalue weighted by atomic mass is 35.5. The molecule has 3 N–H and O–H groups in total. The molecule has 1 amide bonds. The molecule has 1 heterocycles. The number of fused-ring (bicyclic) bond motifs is 1. The van der Waals surface area contributed by atoms with Crippen molar-refractivity contribution in [1.82, 2.24) is 4.98 Å². The quantitative estimate of drug-likeness (QED) is 0.892. The zero-order valence-corrected chi connectivity index (χ0v) is 11.7. The third-order valence-corrected chi connectivity index (χ3v) is 3.80. The van der Waals surface area contributed by atoms with E-state index in [-0.39, 0.29) is 5.13 Å². The van der Waals surface area contributed by atoms with Gasteiger partial charge in [-0.25, -0.2) is 4.98 Å². The molecule has 0 spiro atoms. The van der Waals surface area contributed by atoms with E-state index >= 15 is 0 Å². The standard InChI is InChI=1S/C11H9ClF3N3OS/c1-10(16,11(13,14)15)8(19)18-9-17-6-3-2-5(12)4-7(6)20-9/h2-4H,16H2,1H3,(H,17,18,19). The van der Waals surface area contributed by atoms with Crippen molar-refractivity contribution in [3.05, 3.63) is 23.2 Å². The number of halogens is 4. The zero-order valence-electron chi connectivity index (χ0n) is 10.1. The first-order valence-electron chi connectivity index (χ1n) is 5.34. The molecular weight excluding hydrogens is 315 g/mol. The Kier molecular flexibility index (Phi) is 3.66. The summed E-state index contributed by atoms with van der Waals surface area (Å²) in [6.45, 7) is 0.604. The topological polar surface area (TPSA) is 68.0 Å². The fraction of sp³-hybridized carbons (Fsp3) is 0.273. The van der Waals surface area contributed by atoms with Crippen LogP contribution in [0.5, 0.6) is 0 Å². The maximum atomic E-state index is 12.6. The number of nitrogens with two attached hydrogens (primary N) is 1. The van der Waals surface area contributed by atoms with Crippen molar-refractivity contribution in [2.45, 2.75) is 18.6 Å². The number of carbonyl (C=O) groups is 1. The Balaban J connectivity index is 2.26. The molecule has 0 radical (unpaired) electrons. The zero-order chi connectivity index (χ0) is 15.1. The third kappa shape index (κ3) is 2.72. The highest BCUT2D eigenvalue weighted by Gasteiger charge is 2.54. The van der Waals surface area contributed by atoms with Gasteiger partial charge in [0.25, 0.3) is 5.91 Å². The Morgan fingerprint density at radius 1 is 1.45 bits per heavy atom. The van der Waals surface area contributed by atoms with Gasteiger partial charge in [0.2, 0.25) is 0 Å². The molecule has 0 aliphatic heterocycles. The average Bonchev–Trinajstić information content (AvgIpc) is 2.68. The van der Waals surface area contributed by atoms with Gasteiger partial charge in [0.15, 0.2) is 10.7 Å². The van der Waals surface area contributed by atoms with Crippen molar-refractivity contribution in [2.24, 2.45) is 5.73 Å². The lowest BCUT2D eigenvalue weighted by molar-refractivity contribution is -0.184. The van der Waals surface area contributed by atoms with Crippen molar-refractivity contribution in [3.63, 3.8) is 0 Å². The molecule has 0 aliphatic rings. The SMILES string of the molecule is CC(N)(C(=O)Nc1nc2ccc(Cl)cc2s1)C(F)(F)F. The van der Waals surface area contributed by atoms with Gasteiger partial charge in [0.1, 0.15) is 0 Å². The number of nitrogens with zero attached hydrogens (tertiary/aromatic N) is 1. The molecule has 20 heavy (non-hydrogen) atoms. The van der Waals surface area contributed by atoms with Crippen molar-refractivity contribution >= 4 is 44.2 Å². The van der Waals surface area contributed by atoms with Gasteiger partial charge in [0, 0.05) is 5.02 Å². The lowest BCUT2D eigenvalue weighted by Crippen LogP contribution is -2.59. The van der Waals surface area contributed by atoms with Gasteiger partial charge in [-0.15, -0.1) is 0 Å². The summed E-state index contributed by atoms with van der Waals surface area (Å²) in [4.78, 5) is 15.6. The van der Waals surface area contributed by atoms with E-state index in [0.717, 1.165) is 11.3 Å². The van der Waals surface area contributed by atoms with Crippen LogP contribution in [0.1, 0.15) is 6.92 Å². The fourth-order valence-corrected chi connectivity index (χ4v) is 2.44. The molecule has 0 bridgehead atoms. The highest BCUT2D eigenvalue weighted by Crippen LogP contribution is 2.31. The van der Waals surface area contributed by atoms with Crippen molar-refractivity contribution in [3.8, 4) is 0 Å². The van der Waals surface area contributed by atoms with Crippen LogP contribution >= 0.6 is 22.9 Å². The fourth-order valence-electron chi connectivity index (χ4n) is 1.31. The Labute approximate surface area is 120 Å². The molecule has 0 saturated carbocycles. The number of hydrogen-bond acceptors (Lipinski definition) is 4. The summed E-state index contributed by atoms with van der Waals surface area (Å²) in [5.41, 5.74) is 2.57. The molecule has 1 aromatic carbocycles. The van der Waals surface area contributed by atoms with E-state index in [1.807, 2.05) is 0 Å². The number of rotatable bonds is 2. The second-order valence-corrected chi connectivity index (χ2v) is 5.75. The van der Waals surface area contributed by atoms with Crippen LogP contribution in [0.25, 0.3) is 10.2 Å². The minimum Gasteiger partial charge on any atom is -0.310 e. The summed E-state index contributed by atoms with van der Waals surface area (Å²) in [5, 5.41) is 2.58. The van der Waals surface area contributed by atoms with E-state index in [4.69, 9.17) is 17.3 Å². The molecule has 1 unspecified atom stereocenters. The molecule has 4 nitrogen and oxygen atoms in total. The van der Waals surface area contributed by atoms with Gasteiger partial charge in [-0.3, -0.25) is 4.79 Å². The first-order chi connectivity index (χ1) is 9.11. The van der Waals surface area contributed by atoms with E-state index in [0.29, 0.717) is 22.2 Å². The number of aromatic nitrogens is 1. The predicted molar refractivity (Wildman–Crippen MR) is 71.9 cm³/mol. The monoisotopic (exact) mass is 323 g/mol. The van der Waals surface area contributed by atoms with E-state index in [1.54, 1.807) is 18.2 Å². The summed E-state index contributed by atoms with van der Waals surface area (Å²) in [7, 11) is 0. The van der Waals surface area contributed by atoms with Crippen LogP contribution in [0.15, 0.2) is 18.2 Å². The van der Waals surface area contributed by atoms with Crippen LogP contribution in [-0.4, -0.2) is 22.6 Å². The molecule has 1 atom stereocenters. The van der Waals surface area contributed by atoms with Crippen LogP contribution in [0.3, 0.4) is 0 Å². The van der Waals surface area contributed by atoms with Gasteiger partial charge in [-0.05, 0) is 25.1 Å². The predicted octanol–water partition coefficient (Wildman–Crippen LogP) is 3.17. The molecule has 0 aliphatic carbocycles.